The van der Waals surface area contributed by atoms with Crippen LogP contribution in [0.3, 0.4) is 0 Å². The van der Waals surface area contributed by atoms with Crippen molar-refractivity contribution in [3.8, 4) is 0 Å². The minimum Gasteiger partial charge on any atom is -0.350 e. The first-order valence-corrected chi connectivity index (χ1v) is 7.56. The van der Waals surface area contributed by atoms with Crippen LogP contribution < -0.4 is 10.2 Å². The Morgan fingerprint density at radius 3 is 2.81 bits per heavy atom. The Hall–Kier alpha value is -2.29. The second-order valence-corrected chi connectivity index (χ2v) is 5.79. The predicted molar refractivity (Wildman–Crippen MR) is 83.5 cm³/mol. The number of anilines is 1. The first kappa shape index (κ1) is 12.5. The Bertz CT molecular complexity index is 681. The minimum atomic E-state index is 0.0610. The third-order valence-electron chi connectivity index (χ3n) is 4.44. The van der Waals surface area contributed by atoms with Crippen LogP contribution in [0.4, 0.5) is 5.69 Å². The summed E-state index contributed by atoms with van der Waals surface area (Å²) in [4.78, 5) is 14.8. The maximum absolute atomic E-state index is 12.4. The van der Waals surface area contributed by atoms with E-state index >= 15 is 0 Å². The molecule has 0 aromatic heterocycles. The molecule has 21 heavy (non-hydrogen) atoms. The van der Waals surface area contributed by atoms with E-state index in [4.69, 9.17) is 0 Å². The molecule has 0 bridgehead atoms. The van der Waals surface area contributed by atoms with Crippen LogP contribution in [0.2, 0.25) is 0 Å². The molecular weight excluding hydrogens is 260 g/mol. The van der Waals surface area contributed by atoms with Crippen LogP contribution in [-0.2, 0) is 12.8 Å². The van der Waals surface area contributed by atoms with Gasteiger partial charge in [0.2, 0.25) is 0 Å². The summed E-state index contributed by atoms with van der Waals surface area (Å²) >= 11 is 0. The summed E-state index contributed by atoms with van der Waals surface area (Å²) in [7, 11) is 0. The zero-order chi connectivity index (χ0) is 14.2. The Morgan fingerprint density at radius 1 is 1.10 bits per heavy atom. The largest absolute Gasteiger partial charge is 0.350 e. The Morgan fingerprint density at radius 2 is 1.95 bits per heavy atom. The minimum absolute atomic E-state index is 0.0610. The van der Waals surface area contributed by atoms with Crippen molar-refractivity contribution in [2.24, 2.45) is 0 Å². The van der Waals surface area contributed by atoms with E-state index in [0.29, 0.717) is 0 Å². The summed E-state index contributed by atoms with van der Waals surface area (Å²) in [6, 6.07) is 16.5. The summed E-state index contributed by atoms with van der Waals surface area (Å²) in [5.41, 5.74) is 4.56. The lowest BCUT2D eigenvalue weighted by Crippen LogP contribution is -2.55. The molecule has 2 aromatic rings. The summed E-state index contributed by atoms with van der Waals surface area (Å²) in [5.74, 6) is 0.0610. The number of benzene rings is 2. The molecule has 1 N–H and O–H groups in total. The first-order chi connectivity index (χ1) is 10.3. The van der Waals surface area contributed by atoms with Crippen molar-refractivity contribution in [1.29, 1.82) is 0 Å². The van der Waals surface area contributed by atoms with Crippen molar-refractivity contribution >= 4 is 11.6 Å². The van der Waals surface area contributed by atoms with Crippen LogP contribution in [0.25, 0.3) is 0 Å². The van der Waals surface area contributed by atoms with Crippen LogP contribution >= 0.6 is 0 Å². The highest BCUT2D eigenvalue weighted by atomic mass is 16.2. The molecule has 4 rings (SSSR count). The van der Waals surface area contributed by atoms with Gasteiger partial charge in [0.15, 0.2) is 0 Å². The number of hydrogen-bond acceptors (Lipinski definition) is 2. The molecule has 3 heteroatoms. The highest BCUT2D eigenvalue weighted by Gasteiger charge is 2.33. The molecule has 0 fully saturated rings. The van der Waals surface area contributed by atoms with Crippen LogP contribution in [0.1, 0.15) is 27.9 Å². The molecule has 0 saturated carbocycles. The second-order valence-electron chi connectivity index (χ2n) is 5.79. The first-order valence-electron chi connectivity index (χ1n) is 7.56. The number of rotatable bonds is 2. The number of nitrogens with one attached hydrogen (secondary N) is 1. The zero-order valence-corrected chi connectivity index (χ0v) is 11.9. The molecular formula is C18H18N2O. The van der Waals surface area contributed by atoms with E-state index in [-0.39, 0.29) is 12.1 Å². The third kappa shape index (κ3) is 2.09. The lowest BCUT2D eigenvalue weighted by molar-refractivity contribution is 0.0925. The Balaban J connectivity index is 1.72. The Labute approximate surface area is 124 Å². The van der Waals surface area contributed by atoms with Crippen molar-refractivity contribution < 1.29 is 4.79 Å². The number of hydrogen-bond donors (Lipinski definition) is 1. The van der Waals surface area contributed by atoms with Crippen molar-refractivity contribution in [1.82, 2.24) is 5.32 Å². The van der Waals surface area contributed by atoms with Gasteiger partial charge in [-0.2, -0.15) is 0 Å². The zero-order valence-electron chi connectivity index (χ0n) is 11.9. The Kier molecular flexibility index (Phi) is 2.92. The molecule has 0 unspecified atom stereocenters. The second kappa shape index (κ2) is 4.92. The molecule has 2 aromatic carbocycles. The lowest BCUT2D eigenvalue weighted by Gasteiger charge is -2.42. The van der Waals surface area contributed by atoms with Crippen LogP contribution in [0.15, 0.2) is 48.5 Å². The van der Waals surface area contributed by atoms with Crippen LogP contribution in [-0.4, -0.2) is 18.6 Å². The highest BCUT2D eigenvalue weighted by Crippen LogP contribution is 2.35. The van der Waals surface area contributed by atoms with E-state index in [1.165, 1.54) is 11.1 Å². The fourth-order valence-corrected chi connectivity index (χ4v) is 3.48. The molecule has 1 amide bonds. The van der Waals surface area contributed by atoms with Crippen molar-refractivity contribution in [2.75, 3.05) is 11.4 Å². The van der Waals surface area contributed by atoms with Gasteiger partial charge in [0.1, 0.15) is 6.17 Å². The van der Waals surface area contributed by atoms with E-state index in [1.54, 1.807) is 0 Å². The number of carbonyl (C=O) groups is 1. The smallest absolute Gasteiger partial charge is 0.255 e. The third-order valence-corrected chi connectivity index (χ3v) is 4.44. The molecule has 1 atom stereocenters. The summed E-state index contributed by atoms with van der Waals surface area (Å²) < 4.78 is 0. The van der Waals surface area contributed by atoms with Gasteiger partial charge in [0.25, 0.3) is 5.91 Å². The van der Waals surface area contributed by atoms with Crippen molar-refractivity contribution in [2.45, 2.75) is 25.4 Å². The number of carbonyl (C=O) groups excluding carboxylic acids is 1. The maximum Gasteiger partial charge on any atom is 0.255 e. The van der Waals surface area contributed by atoms with Crippen LogP contribution in [0, 0.1) is 0 Å². The van der Waals surface area contributed by atoms with E-state index in [9.17, 15) is 4.79 Å². The molecule has 2 aliphatic heterocycles. The summed E-state index contributed by atoms with van der Waals surface area (Å²) in [5, 5.41) is 3.17. The van der Waals surface area contributed by atoms with E-state index in [2.05, 4.69) is 40.5 Å². The molecule has 3 nitrogen and oxygen atoms in total. The van der Waals surface area contributed by atoms with Gasteiger partial charge < -0.3 is 10.2 Å². The average Bonchev–Trinajstić information content (AvgIpc) is 2.53. The normalized spacial score (nSPS) is 19.9. The number of amides is 1. The van der Waals surface area contributed by atoms with E-state index in [0.717, 1.165) is 37.1 Å². The molecule has 106 valence electrons. The van der Waals surface area contributed by atoms with E-state index < -0.39 is 0 Å². The van der Waals surface area contributed by atoms with Crippen LogP contribution in [0.5, 0.6) is 0 Å². The predicted octanol–water partition coefficient (Wildman–Crippen LogP) is 2.75. The van der Waals surface area contributed by atoms with Crippen molar-refractivity contribution in [3.05, 3.63) is 65.2 Å². The monoisotopic (exact) mass is 278 g/mol. The molecule has 0 radical (unpaired) electrons. The maximum atomic E-state index is 12.4. The fraction of sp³-hybridized carbons (Fsp3) is 0.278. The van der Waals surface area contributed by atoms with E-state index in [1.807, 2.05) is 18.2 Å². The van der Waals surface area contributed by atoms with Gasteiger partial charge in [-0.25, -0.2) is 0 Å². The molecule has 0 spiro atoms. The molecule has 0 aliphatic carbocycles. The number of nitrogens with zero attached hydrogens (tertiary/aromatic N) is 1. The molecule has 2 heterocycles. The SMILES string of the molecule is O=C1N[C@H](Cc2ccccc2)N2CCCc3cccc1c32. The van der Waals surface area contributed by atoms with Gasteiger partial charge in [-0.15, -0.1) is 0 Å². The standard InChI is InChI=1S/C18H18N2O/c21-18-15-10-4-8-14-9-5-11-20(17(14)15)16(19-18)12-13-6-2-1-3-7-13/h1-4,6-8,10,16H,5,9,11-12H2,(H,19,21)/t16-/m0/s1. The average molecular weight is 278 g/mol. The van der Waals surface area contributed by atoms with Gasteiger partial charge in [-0.3, -0.25) is 4.79 Å². The highest BCUT2D eigenvalue weighted by molar-refractivity contribution is 6.02. The topological polar surface area (TPSA) is 32.3 Å². The van der Waals surface area contributed by atoms with Gasteiger partial charge >= 0.3 is 0 Å². The summed E-state index contributed by atoms with van der Waals surface area (Å²) in [6.45, 7) is 1.02. The lowest BCUT2D eigenvalue weighted by atomic mass is 9.93. The summed E-state index contributed by atoms with van der Waals surface area (Å²) in [6.07, 6.45) is 3.14. The number of aryl methyl sites for hydroxylation is 1. The number of para-hydroxylation sites is 1. The molecule has 0 saturated heterocycles. The van der Waals surface area contributed by atoms with Gasteiger partial charge in [-0.05, 0) is 30.0 Å². The van der Waals surface area contributed by atoms with Gasteiger partial charge in [0.05, 0.1) is 11.3 Å². The van der Waals surface area contributed by atoms with Gasteiger partial charge in [-0.1, -0.05) is 42.5 Å². The van der Waals surface area contributed by atoms with Gasteiger partial charge in [0, 0.05) is 13.0 Å². The fourth-order valence-electron chi connectivity index (χ4n) is 3.48. The quantitative estimate of drug-likeness (QED) is 0.916. The molecule has 2 aliphatic rings. The van der Waals surface area contributed by atoms with Crippen molar-refractivity contribution in [3.63, 3.8) is 0 Å².